The van der Waals surface area contributed by atoms with Gasteiger partial charge in [0.25, 0.3) is 0 Å². The van der Waals surface area contributed by atoms with Gasteiger partial charge in [-0.15, -0.1) is 0 Å². The molecule has 2 aromatic carbocycles. The van der Waals surface area contributed by atoms with Crippen molar-refractivity contribution >= 4 is 0 Å². The van der Waals surface area contributed by atoms with Gasteiger partial charge < -0.3 is 4.74 Å². The van der Waals surface area contributed by atoms with E-state index >= 15 is 0 Å². The second-order valence-electron chi connectivity index (χ2n) is 4.04. The first-order valence-corrected chi connectivity index (χ1v) is 6.50. The molecule has 1 heteroatoms. The van der Waals surface area contributed by atoms with Crippen molar-refractivity contribution in [2.45, 2.75) is 34.3 Å². The second kappa shape index (κ2) is 7.54. The molecule has 0 aromatic heterocycles. The molecular formula is C17H22O. The maximum Gasteiger partial charge on any atom is 0.122 e. The lowest BCUT2D eigenvalue weighted by atomic mass is 10.2. The Hall–Kier alpha value is -1.76. The van der Waals surface area contributed by atoms with Gasteiger partial charge in [-0.05, 0) is 31.0 Å². The Labute approximate surface area is 110 Å². The van der Waals surface area contributed by atoms with Gasteiger partial charge in [-0.2, -0.15) is 0 Å². The highest BCUT2D eigenvalue weighted by molar-refractivity contribution is 5.32. The highest BCUT2D eigenvalue weighted by atomic mass is 16.5. The summed E-state index contributed by atoms with van der Waals surface area (Å²) >= 11 is 0. The molecule has 0 N–H and O–H groups in total. The smallest absolute Gasteiger partial charge is 0.122 e. The van der Waals surface area contributed by atoms with Crippen LogP contribution in [0.4, 0.5) is 0 Å². The van der Waals surface area contributed by atoms with Crippen LogP contribution < -0.4 is 4.74 Å². The van der Waals surface area contributed by atoms with E-state index in [4.69, 9.17) is 4.74 Å². The molecule has 0 amide bonds. The van der Waals surface area contributed by atoms with E-state index in [0.717, 1.165) is 5.75 Å². The van der Waals surface area contributed by atoms with Crippen LogP contribution in [0.2, 0.25) is 0 Å². The van der Waals surface area contributed by atoms with Crippen LogP contribution in [0.15, 0.2) is 48.5 Å². The van der Waals surface area contributed by atoms with Gasteiger partial charge >= 0.3 is 0 Å². The zero-order chi connectivity index (χ0) is 13.4. The van der Waals surface area contributed by atoms with Gasteiger partial charge in [0.1, 0.15) is 12.4 Å². The maximum absolute atomic E-state index is 5.76. The monoisotopic (exact) mass is 242 g/mol. The van der Waals surface area contributed by atoms with Crippen molar-refractivity contribution in [3.8, 4) is 5.75 Å². The molecule has 0 aliphatic heterocycles. The minimum atomic E-state index is 0.630. The predicted molar refractivity (Wildman–Crippen MR) is 78.0 cm³/mol. The summed E-state index contributed by atoms with van der Waals surface area (Å²) in [5.41, 5.74) is 3.66. The molecule has 0 saturated carbocycles. The molecule has 0 bridgehead atoms. The van der Waals surface area contributed by atoms with E-state index in [1.165, 1.54) is 16.7 Å². The van der Waals surface area contributed by atoms with E-state index in [0.29, 0.717) is 6.61 Å². The van der Waals surface area contributed by atoms with Crippen molar-refractivity contribution in [1.29, 1.82) is 0 Å². The number of ether oxygens (including phenoxy) is 1. The molecule has 2 aromatic rings. The summed E-state index contributed by atoms with van der Waals surface area (Å²) in [5, 5.41) is 0. The summed E-state index contributed by atoms with van der Waals surface area (Å²) in [6, 6.07) is 16.5. The van der Waals surface area contributed by atoms with Gasteiger partial charge in [-0.1, -0.05) is 61.9 Å². The second-order valence-corrected chi connectivity index (χ2v) is 4.04. The molecule has 0 spiro atoms. The number of hydrogen-bond donors (Lipinski definition) is 0. The maximum atomic E-state index is 5.76. The van der Waals surface area contributed by atoms with E-state index in [2.05, 4.69) is 44.2 Å². The number of benzene rings is 2. The molecule has 0 heterocycles. The summed E-state index contributed by atoms with van der Waals surface area (Å²) < 4.78 is 5.76. The summed E-state index contributed by atoms with van der Waals surface area (Å²) in [6.45, 7) is 8.78. The molecule has 96 valence electrons. The third-order valence-electron chi connectivity index (χ3n) is 2.61. The van der Waals surface area contributed by atoms with Crippen LogP contribution in [0.5, 0.6) is 5.75 Å². The van der Waals surface area contributed by atoms with Crippen molar-refractivity contribution in [2.24, 2.45) is 0 Å². The summed E-state index contributed by atoms with van der Waals surface area (Å²) in [5.74, 6) is 0.961. The minimum Gasteiger partial charge on any atom is -0.489 e. The molecule has 0 radical (unpaired) electrons. The lowest BCUT2D eigenvalue weighted by Gasteiger charge is -2.08. The molecule has 0 saturated heterocycles. The van der Waals surface area contributed by atoms with Gasteiger partial charge in [0, 0.05) is 0 Å². The van der Waals surface area contributed by atoms with E-state index in [-0.39, 0.29) is 0 Å². The SMILES string of the molecule is CC.Cc1ccc(COc2ccccc2C)cc1. The van der Waals surface area contributed by atoms with Crippen LogP contribution in [0.3, 0.4) is 0 Å². The van der Waals surface area contributed by atoms with E-state index in [1.54, 1.807) is 0 Å². The quantitative estimate of drug-likeness (QED) is 0.743. The molecular weight excluding hydrogens is 220 g/mol. The first-order valence-electron chi connectivity index (χ1n) is 6.50. The number of hydrogen-bond acceptors (Lipinski definition) is 1. The van der Waals surface area contributed by atoms with Gasteiger partial charge in [0.2, 0.25) is 0 Å². The zero-order valence-corrected chi connectivity index (χ0v) is 11.7. The Bertz CT molecular complexity index is 457. The summed E-state index contributed by atoms with van der Waals surface area (Å²) in [6.07, 6.45) is 0. The van der Waals surface area contributed by atoms with Crippen molar-refractivity contribution in [1.82, 2.24) is 0 Å². The fourth-order valence-electron chi connectivity index (χ4n) is 1.56. The normalized spacial score (nSPS) is 9.33. The standard InChI is InChI=1S/C15H16O.C2H6/c1-12-7-9-14(10-8-12)11-16-15-6-4-3-5-13(15)2;1-2/h3-10H,11H2,1-2H3;1-2H3. The third kappa shape index (κ3) is 4.25. The van der Waals surface area contributed by atoms with Gasteiger partial charge in [0.05, 0.1) is 0 Å². The van der Waals surface area contributed by atoms with Crippen LogP contribution in [0, 0.1) is 13.8 Å². The Balaban J connectivity index is 0.000000771. The summed E-state index contributed by atoms with van der Waals surface area (Å²) in [4.78, 5) is 0. The molecule has 0 aliphatic carbocycles. The lowest BCUT2D eigenvalue weighted by Crippen LogP contribution is -1.96. The Morgan fingerprint density at radius 1 is 0.833 bits per heavy atom. The Morgan fingerprint density at radius 2 is 1.44 bits per heavy atom. The van der Waals surface area contributed by atoms with E-state index in [9.17, 15) is 0 Å². The van der Waals surface area contributed by atoms with Crippen molar-refractivity contribution in [2.75, 3.05) is 0 Å². The van der Waals surface area contributed by atoms with Gasteiger partial charge in [-0.3, -0.25) is 0 Å². The van der Waals surface area contributed by atoms with Crippen LogP contribution in [0.25, 0.3) is 0 Å². The van der Waals surface area contributed by atoms with Crippen LogP contribution in [-0.4, -0.2) is 0 Å². The first kappa shape index (κ1) is 14.3. The Morgan fingerprint density at radius 3 is 2.06 bits per heavy atom. The van der Waals surface area contributed by atoms with Crippen LogP contribution in [0.1, 0.15) is 30.5 Å². The van der Waals surface area contributed by atoms with Crippen LogP contribution in [-0.2, 0) is 6.61 Å². The molecule has 0 unspecified atom stereocenters. The molecule has 0 fully saturated rings. The molecule has 2 rings (SSSR count). The molecule has 1 nitrogen and oxygen atoms in total. The predicted octanol–water partition coefficient (Wildman–Crippen LogP) is 4.91. The van der Waals surface area contributed by atoms with Crippen molar-refractivity contribution in [3.05, 3.63) is 65.2 Å². The fourth-order valence-corrected chi connectivity index (χ4v) is 1.56. The summed E-state index contributed by atoms with van der Waals surface area (Å²) in [7, 11) is 0. The fraction of sp³-hybridized carbons (Fsp3) is 0.294. The average Bonchev–Trinajstić information content (AvgIpc) is 2.42. The molecule has 0 atom stereocenters. The highest BCUT2D eigenvalue weighted by Crippen LogP contribution is 2.17. The first-order chi connectivity index (χ1) is 8.75. The zero-order valence-electron chi connectivity index (χ0n) is 11.7. The molecule has 0 aliphatic rings. The highest BCUT2D eigenvalue weighted by Gasteiger charge is 1.98. The third-order valence-corrected chi connectivity index (χ3v) is 2.61. The van der Waals surface area contributed by atoms with Crippen LogP contribution >= 0.6 is 0 Å². The van der Waals surface area contributed by atoms with E-state index in [1.807, 2.05) is 32.0 Å². The van der Waals surface area contributed by atoms with Gasteiger partial charge in [-0.25, -0.2) is 0 Å². The number of para-hydroxylation sites is 1. The minimum absolute atomic E-state index is 0.630. The van der Waals surface area contributed by atoms with Gasteiger partial charge in [0.15, 0.2) is 0 Å². The largest absolute Gasteiger partial charge is 0.489 e. The van der Waals surface area contributed by atoms with Crippen molar-refractivity contribution in [3.63, 3.8) is 0 Å². The topological polar surface area (TPSA) is 9.23 Å². The van der Waals surface area contributed by atoms with Crippen molar-refractivity contribution < 1.29 is 4.74 Å². The van der Waals surface area contributed by atoms with E-state index < -0.39 is 0 Å². The lowest BCUT2D eigenvalue weighted by molar-refractivity contribution is 0.304. The molecule has 18 heavy (non-hydrogen) atoms. The average molecular weight is 242 g/mol. The number of rotatable bonds is 3. The Kier molecular flexibility index (Phi) is 5.99. The number of aryl methyl sites for hydroxylation is 2.